The molecule has 1 nitrogen and oxygen atoms in total. The Kier molecular flexibility index (Phi) is 2.99. The molecule has 1 fully saturated rings. The predicted octanol–water partition coefficient (Wildman–Crippen LogP) is 3.87. The van der Waals surface area contributed by atoms with Crippen molar-refractivity contribution < 1.29 is 5.11 Å². The zero-order valence-corrected chi connectivity index (χ0v) is 11.0. The minimum absolute atomic E-state index is 0.0759. The maximum atomic E-state index is 10.4. The summed E-state index contributed by atoms with van der Waals surface area (Å²) in [6.45, 7) is 8.45. The van der Waals surface area contributed by atoms with Crippen LogP contribution in [0.3, 0.4) is 0 Å². The van der Waals surface area contributed by atoms with Gasteiger partial charge in [0.2, 0.25) is 0 Å². The molecule has 2 atom stereocenters. The highest BCUT2D eigenvalue weighted by Crippen LogP contribution is 2.62. The molecule has 0 amide bonds. The van der Waals surface area contributed by atoms with Crippen molar-refractivity contribution in [3.8, 4) is 0 Å². The summed E-state index contributed by atoms with van der Waals surface area (Å²) in [6, 6.07) is 9.88. The summed E-state index contributed by atoms with van der Waals surface area (Å²) in [5.74, 6) is 0.208. The summed E-state index contributed by atoms with van der Waals surface area (Å²) in [4.78, 5) is 0. The van der Waals surface area contributed by atoms with Gasteiger partial charge in [-0.25, -0.2) is 0 Å². The van der Waals surface area contributed by atoms with Gasteiger partial charge in [-0.1, -0.05) is 44.2 Å². The summed E-state index contributed by atoms with van der Waals surface area (Å²) in [6.07, 6.45) is -0.409. The van der Waals surface area contributed by atoms with E-state index in [4.69, 9.17) is 0 Å². The molecular weight excluding hydrogens is 208 g/mol. The SMILES string of the molecule is CC(C)=C=C1C(C(O)c2ccccc2)C1(C)C. The van der Waals surface area contributed by atoms with E-state index in [-0.39, 0.29) is 11.3 Å². The Bertz CT molecular complexity index is 472. The normalized spacial score (nSPS) is 22.9. The molecule has 17 heavy (non-hydrogen) atoms. The molecule has 1 heteroatoms. The van der Waals surface area contributed by atoms with Gasteiger partial charge in [0, 0.05) is 11.3 Å². The average Bonchev–Trinajstić information content (AvgIpc) is 2.80. The fourth-order valence-corrected chi connectivity index (χ4v) is 2.48. The first-order chi connectivity index (χ1) is 7.94. The zero-order valence-electron chi connectivity index (χ0n) is 11.0. The zero-order chi connectivity index (χ0) is 12.6. The number of rotatable bonds is 2. The van der Waals surface area contributed by atoms with Crippen LogP contribution in [0.1, 0.15) is 39.4 Å². The second-order valence-corrected chi connectivity index (χ2v) is 5.59. The third-order valence-corrected chi connectivity index (χ3v) is 3.54. The van der Waals surface area contributed by atoms with E-state index in [0.717, 1.165) is 5.56 Å². The molecule has 1 aromatic rings. The van der Waals surface area contributed by atoms with Crippen LogP contribution in [0, 0.1) is 11.3 Å². The maximum Gasteiger partial charge on any atom is 0.0870 e. The van der Waals surface area contributed by atoms with Gasteiger partial charge in [-0.05, 0) is 30.6 Å². The van der Waals surface area contributed by atoms with Gasteiger partial charge in [0.05, 0.1) is 6.10 Å². The quantitative estimate of drug-likeness (QED) is 0.762. The van der Waals surface area contributed by atoms with Crippen LogP contribution in [-0.2, 0) is 0 Å². The number of hydrogen-bond donors (Lipinski definition) is 1. The fourth-order valence-electron chi connectivity index (χ4n) is 2.48. The van der Waals surface area contributed by atoms with Crippen molar-refractivity contribution in [3.63, 3.8) is 0 Å². The predicted molar refractivity (Wildman–Crippen MR) is 70.6 cm³/mol. The standard InChI is InChI=1S/C16H20O/c1-11(2)10-13-14(16(13,3)4)15(17)12-8-6-5-7-9-12/h5-9,14-15,17H,1-4H3. The van der Waals surface area contributed by atoms with Crippen molar-refractivity contribution in [1.82, 2.24) is 0 Å². The lowest BCUT2D eigenvalue weighted by Crippen LogP contribution is -2.04. The monoisotopic (exact) mass is 228 g/mol. The molecule has 0 bridgehead atoms. The molecule has 0 aliphatic heterocycles. The van der Waals surface area contributed by atoms with Crippen LogP contribution < -0.4 is 0 Å². The largest absolute Gasteiger partial charge is 0.388 e. The molecule has 1 saturated carbocycles. The maximum absolute atomic E-state index is 10.4. The first kappa shape index (κ1) is 12.2. The molecule has 2 unspecified atom stereocenters. The van der Waals surface area contributed by atoms with E-state index in [0.29, 0.717) is 0 Å². The van der Waals surface area contributed by atoms with Crippen molar-refractivity contribution in [1.29, 1.82) is 0 Å². The van der Waals surface area contributed by atoms with E-state index in [2.05, 4.69) is 19.6 Å². The summed E-state index contributed by atoms with van der Waals surface area (Å²) < 4.78 is 0. The number of hydrogen-bond acceptors (Lipinski definition) is 1. The number of aliphatic hydroxyl groups is 1. The Morgan fingerprint density at radius 3 is 2.35 bits per heavy atom. The molecule has 0 aromatic heterocycles. The first-order valence-corrected chi connectivity index (χ1v) is 6.12. The summed E-state index contributed by atoms with van der Waals surface area (Å²) in [5.41, 5.74) is 6.87. The Labute approximate surface area is 103 Å². The van der Waals surface area contributed by atoms with Gasteiger partial charge in [-0.15, -0.1) is 5.73 Å². The van der Waals surface area contributed by atoms with Crippen molar-refractivity contribution in [2.75, 3.05) is 0 Å². The van der Waals surface area contributed by atoms with Gasteiger partial charge in [-0.3, -0.25) is 0 Å². The lowest BCUT2D eigenvalue weighted by Gasteiger charge is -2.11. The lowest BCUT2D eigenvalue weighted by atomic mass is 10.00. The van der Waals surface area contributed by atoms with Crippen LogP contribution in [0.25, 0.3) is 0 Å². The molecule has 1 aromatic carbocycles. The molecule has 0 radical (unpaired) electrons. The van der Waals surface area contributed by atoms with Crippen molar-refractivity contribution in [2.24, 2.45) is 11.3 Å². The molecule has 2 rings (SSSR count). The molecular formula is C16H20O. The van der Waals surface area contributed by atoms with Crippen LogP contribution >= 0.6 is 0 Å². The highest BCUT2D eigenvalue weighted by atomic mass is 16.3. The van der Waals surface area contributed by atoms with Crippen LogP contribution in [0.5, 0.6) is 0 Å². The van der Waals surface area contributed by atoms with Crippen LogP contribution in [0.2, 0.25) is 0 Å². The van der Waals surface area contributed by atoms with Gasteiger partial charge < -0.3 is 5.11 Å². The van der Waals surface area contributed by atoms with Crippen molar-refractivity contribution >= 4 is 0 Å². The van der Waals surface area contributed by atoms with Gasteiger partial charge >= 0.3 is 0 Å². The van der Waals surface area contributed by atoms with E-state index in [1.807, 2.05) is 44.2 Å². The van der Waals surface area contributed by atoms with Gasteiger partial charge in [0.25, 0.3) is 0 Å². The Morgan fingerprint density at radius 2 is 1.82 bits per heavy atom. The Morgan fingerprint density at radius 1 is 1.24 bits per heavy atom. The van der Waals surface area contributed by atoms with Crippen LogP contribution in [-0.4, -0.2) is 5.11 Å². The molecule has 90 valence electrons. The number of benzene rings is 1. The summed E-state index contributed by atoms with van der Waals surface area (Å²) in [5, 5.41) is 10.4. The highest BCUT2D eigenvalue weighted by molar-refractivity contribution is 5.40. The molecule has 0 saturated heterocycles. The third kappa shape index (κ3) is 2.22. The summed E-state index contributed by atoms with van der Waals surface area (Å²) >= 11 is 0. The topological polar surface area (TPSA) is 20.2 Å². The fraction of sp³-hybridized carbons (Fsp3) is 0.438. The summed E-state index contributed by atoms with van der Waals surface area (Å²) in [7, 11) is 0. The van der Waals surface area contributed by atoms with E-state index in [1.165, 1.54) is 11.1 Å². The molecule has 1 aliphatic carbocycles. The van der Waals surface area contributed by atoms with E-state index < -0.39 is 6.10 Å². The van der Waals surface area contributed by atoms with Crippen molar-refractivity contribution in [3.05, 3.63) is 52.8 Å². The van der Waals surface area contributed by atoms with E-state index in [1.54, 1.807) is 0 Å². The molecule has 1 N–H and O–H groups in total. The van der Waals surface area contributed by atoms with Gasteiger partial charge in [-0.2, -0.15) is 0 Å². The smallest absolute Gasteiger partial charge is 0.0870 e. The third-order valence-electron chi connectivity index (χ3n) is 3.54. The van der Waals surface area contributed by atoms with E-state index in [9.17, 15) is 5.11 Å². The second-order valence-electron chi connectivity index (χ2n) is 5.59. The average molecular weight is 228 g/mol. The minimum Gasteiger partial charge on any atom is -0.388 e. The molecule has 0 spiro atoms. The van der Waals surface area contributed by atoms with Crippen LogP contribution in [0.4, 0.5) is 0 Å². The first-order valence-electron chi connectivity index (χ1n) is 6.12. The Hall–Kier alpha value is -1.30. The van der Waals surface area contributed by atoms with Gasteiger partial charge in [0.15, 0.2) is 0 Å². The molecule has 0 heterocycles. The minimum atomic E-state index is -0.409. The van der Waals surface area contributed by atoms with Crippen LogP contribution in [0.15, 0.2) is 47.2 Å². The van der Waals surface area contributed by atoms with E-state index >= 15 is 0 Å². The second kappa shape index (κ2) is 4.18. The number of aliphatic hydroxyl groups excluding tert-OH is 1. The lowest BCUT2D eigenvalue weighted by molar-refractivity contribution is 0.140. The highest BCUT2D eigenvalue weighted by Gasteiger charge is 2.56. The Balaban J connectivity index is 2.30. The van der Waals surface area contributed by atoms with Gasteiger partial charge in [0.1, 0.15) is 0 Å². The molecule has 1 aliphatic rings. The van der Waals surface area contributed by atoms with Crippen molar-refractivity contribution in [2.45, 2.75) is 33.8 Å².